The molecule has 24 heavy (non-hydrogen) atoms. The first kappa shape index (κ1) is 16.8. The van der Waals surface area contributed by atoms with Gasteiger partial charge in [0.25, 0.3) is 0 Å². The fourth-order valence-electron chi connectivity index (χ4n) is 2.85. The first-order valence-corrected chi connectivity index (χ1v) is 9.88. The Morgan fingerprint density at radius 2 is 1.75 bits per heavy atom. The molecule has 0 atom stereocenters. The normalized spacial score (nSPS) is 10.9. The molecule has 0 saturated carbocycles. The first-order valence-electron chi connectivity index (χ1n) is 8.17. The zero-order chi connectivity index (χ0) is 17.1. The molecule has 0 saturated heterocycles. The van der Waals surface area contributed by atoms with Crippen LogP contribution in [-0.2, 0) is 0 Å². The molecule has 2 aromatic carbocycles. The van der Waals surface area contributed by atoms with Crippen LogP contribution in [-0.4, -0.2) is 34.2 Å². The van der Waals surface area contributed by atoms with Gasteiger partial charge in [0.15, 0.2) is 0 Å². The molecule has 0 N–H and O–H groups in total. The molecule has 0 spiro atoms. The second-order valence-corrected chi connectivity index (χ2v) is 7.82. The van der Waals surface area contributed by atoms with Crippen molar-refractivity contribution in [1.82, 2.24) is 0 Å². The molecule has 3 rings (SSSR count). The molecular formula is C20H21NO2Se. The van der Waals surface area contributed by atoms with Crippen molar-refractivity contribution in [3.8, 4) is 5.75 Å². The summed E-state index contributed by atoms with van der Waals surface area (Å²) >= 11 is 0.106. The van der Waals surface area contributed by atoms with E-state index in [9.17, 15) is 4.79 Å². The Kier molecular flexibility index (Phi) is 5.08. The minimum atomic E-state index is 0.106. The van der Waals surface area contributed by atoms with Gasteiger partial charge in [-0.25, -0.2) is 0 Å². The molecule has 0 radical (unpaired) electrons. The maximum absolute atomic E-state index is 12.8. The summed E-state index contributed by atoms with van der Waals surface area (Å²) in [5.74, 6) is 0.798. The van der Waals surface area contributed by atoms with Crippen LogP contribution in [0, 0.1) is 0 Å². The molecule has 0 bridgehead atoms. The van der Waals surface area contributed by atoms with Crippen LogP contribution in [0.4, 0.5) is 5.69 Å². The van der Waals surface area contributed by atoms with E-state index in [1.165, 1.54) is 5.69 Å². The van der Waals surface area contributed by atoms with Crippen molar-refractivity contribution in [1.29, 1.82) is 0 Å². The quantitative estimate of drug-likeness (QED) is 0.367. The van der Waals surface area contributed by atoms with E-state index in [1.54, 1.807) is 6.08 Å². The van der Waals surface area contributed by atoms with E-state index in [2.05, 4.69) is 37.5 Å². The predicted molar refractivity (Wildman–Crippen MR) is 104 cm³/mol. The van der Waals surface area contributed by atoms with Crippen LogP contribution in [0.25, 0.3) is 19.3 Å². The van der Waals surface area contributed by atoms with E-state index in [0.717, 1.165) is 38.1 Å². The zero-order valence-corrected chi connectivity index (χ0v) is 15.8. The molecule has 3 aromatic rings. The van der Waals surface area contributed by atoms with Gasteiger partial charge in [-0.05, 0) is 0 Å². The molecule has 4 heteroatoms. The van der Waals surface area contributed by atoms with E-state index < -0.39 is 0 Å². The van der Waals surface area contributed by atoms with Crippen LogP contribution in [0.1, 0.15) is 13.8 Å². The Balaban J connectivity index is 2.17. The van der Waals surface area contributed by atoms with E-state index >= 15 is 0 Å². The fraction of sp³-hybridized carbons (Fsp3) is 0.250. The number of hydrogen-bond donors (Lipinski definition) is 0. The van der Waals surface area contributed by atoms with E-state index in [1.807, 2.05) is 24.3 Å². The van der Waals surface area contributed by atoms with Gasteiger partial charge in [-0.1, -0.05) is 0 Å². The van der Waals surface area contributed by atoms with Crippen molar-refractivity contribution in [3.63, 3.8) is 0 Å². The second kappa shape index (κ2) is 7.25. The molecule has 0 amide bonds. The standard InChI is InChI=1S/C20H21NO2Se/c1-4-11-23-15-8-10-17-19(13-15)24-18-12-14(21(5-2)6-3)7-9-16(18)20(17)22/h4,7-10,12-13H,1,5-6,11H2,2-3H3. The van der Waals surface area contributed by atoms with Crippen molar-refractivity contribution < 1.29 is 4.74 Å². The molecule has 0 aliphatic carbocycles. The summed E-state index contributed by atoms with van der Waals surface area (Å²) in [7, 11) is 0. The number of hydrogen-bond acceptors (Lipinski definition) is 3. The monoisotopic (exact) mass is 387 g/mol. The number of fused-ring (bicyclic) bond motifs is 2. The first-order chi connectivity index (χ1) is 11.7. The Morgan fingerprint density at radius 1 is 1.08 bits per heavy atom. The topological polar surface area (TPSA) is 29.5 Å². The number of ether oxygens (including phenoxy) is 1. The van der Waals surface area contributed by atoms with Crippen LogP contribution in [0.5, 0.6) is 5.75 Å². The van der Waals surface area contributed by atoms with Gasteiger partial charge >= 0.3 is 148 Å². The maximum atomic E-state index is 12.8. The third-order valence-electron chi connectivity index (χ3n) is 4.12. The molecule has 0 aliphatic rings. The number of anilines is 1. The SMILES string of the molecule is C=CCOc1ccc2c(=O)c3ccc(N(CC)CC)cc3[se]c2c1. The van der Waals surface area contributed by atoms with Gasteiger partial charge in [0.2, 0.25) is 0 Å². The van der Waals surface area contributed by atoms with Crippen LogP contribution in [0.15, 0.2) is 53.8 Å². The van der Waals surface area contributed by atoms with Crippen molar-refractivity contribution >= 4 is 39.5 Å². The Morgan fingerprint density at radius 3 is 2.42 bits per heavy atom. The van der Waals surface area contributed by atoms with Crippen molar-refractivity contribution in [2.24, 2.45) is 0 Å². The summed E-state index contributed by atoms with van der Waals surface area (Å²) in [6, 6.07) is 12.0. The Hall–Kier alpha value is -2.03. The molecule has 1 heterocycles. The Labute approximate surface area is 147 Å². The summed E-state index contributed by atoms with van der Waals surface area (Å²) in [5.41, 5.74) is 1.31. The van der Waals surface area contributed by atoms with Crippen molar-refractivity contribution in [3.05, 3.63) is 59.3 Å². The summed E-state index contributed by atoms with van der Waals surface area (Å²) in [5, 5.41) is 1.65. The third-order valence-corrected chi connectivity index (χ3v) is 6.46. The van der Waals surface area contributed by atoms with Gasteiger partial charge in [0.05, 0.1) is 0 Å². The van der Waals surface area contributed by atoms with E-state index in [4.69, 9.17) is 4.74 Å². The molecule has 0 fully saturated rings. The van der Waals surface area contributed by atoms with Crippen molar-refractivity contribution in [2.75, 3.05) is 24.6 Å². The van der Waals surface area contributed by atoms with Crippen LogP contribution in [0.3, 0.4) is 0 Å². The summed E-state index contributed by atoms with van der Waals surface area (Å²) in [6.45, 7) is 10.4. The summed E-state index contributed by atoms with van der Waals surface area (Å²) in [4.78, 5) is 15.1. The molecule has 0 unspecified atom stereocenters. The number of benzene rings is 2. The second-order valence-electron chi connectivity index (χ2n) is 5.54. The van der Waals surface area contributed by atoms with Crippen LogP contribution < -0.4 is 15.1 Å². The number of nitrogens with zero attached hydrogens (tertiary/aromatic N) is 1. The van der Waals surface area contributed by atoms with Gasteiger partial charge in [-0.15, -0.1) is 0 Å². The minimum absolute atomic E-state index is 0.106. The van der Waals surface area contributed by atoms with Crippen LogP contribution in [0.2, 0.25) is 0 Å². The number of rotatable bonds is 6. The summed E-state index contributed by atoms with van der Waals surface area (Å²) < 4.78 is 7.87. The summed E-state index contributed by atoms with van der Waals surface area (Å²) in [6.07, 6.45) is 1.72. The van der Waals surface area contributed by atoms with Gasteiger partial charge in [-0.2, -0.15) is 0 Å². The molecule has 1 aromatic heterocycles. The average Bonchev–Trinajstić information content (AvgIpc) is 2.61. The van der Waals surface area contributed by atoms with E-state index in [-0.39, 0.29) is 19.9 Å². The van der Waals surface area contributed by atoms with Gasteiger partial charge in [0.1, 0.15) is 0 Å². The van der Waals surface area contributed by atoms with Gasteiger partial charge < -0.3 is 0 Å². The molecule has 0 aliphatic heterocycles. The zero-order valence-electron chi connectivity index (χ0n) is 14.0. The average molecular weight is 386 g/mol. The fourth-order valence-corrected chi connectivity index (χ4v) is 5.23. The third kappa shape index (κ3) is 3.12. The van der Waals surface area contributed by atoms with Crippen molar-refractivity contribution in [2.45, 2.75) is 13.8 Å². The van der Waals surface area contributed by atoms with Crippen LogP contribution >= 0.6 is 0 Å². The van der Waals surface area contributed by atoms with Gasteiger partial charge in [-0.3, -0.25) is 0 Å². The molecule has 124 valence electrons. The van der Waals surface area contributed by atoms with E-state index in [0.29, 0.717) is 6.61 Å². The predicted octanol–water partition coefficient (Wildman–Crippen LogP) is 3.82. The molecule has 3 nitrogen and oxygen atoms in total. The Bertz CT molecular complexity index is 941. The molecular weight excluding hydrogens is 365 g/mol. The van der Waals surface area contributed by atoms with Gasteiger partial charge in [0, 0.05) is 0 Å².